The molecule has 3 aromatic carbocycles. The number of nitrogens with zero attached hydrogens (tertiary/aromatic N) is 2. The van der Waals surface area contributed by atoms with E-state index < -0.39 is 46.9 Å². The van der Waals surface area contributed by atoms with Crippen LogP contribution in [-0.2, 0) is 19.2 Å². The molecule has 6 amide bonds. The Morgan fingerprint density at radius 1 is 0.885 bits per heavy atom. The third kappa shape index (κ3) is 10.1. The van der Waals surface area contributed by atoms with E-state index in [1.54, 1.807) is 0 Å². The van der Waals surface area contributed by atoms with Crippen LogP contribution in [0.3, 0.4) is 0 Å². The van der Waals surface area contributed by atoms with Gasteiger partial charge in [-0.1, -0.05) is 56.0 Å². The van der Waals surface area contributed by atoms with Crippen LogP contribution in [0.4, 0.5) is 14.5 Å². The monoisotopic (exact) mass is 856 g/mol. The second kappa shape index (κ2) is 19.0. The molecule has 322 valence electrons. The Hall–Kier alpha value is -5.61. The van der Waals surface area contributed by atoms with Crippen molar-refractivity contribution in [3.05, 3.63) is 83.6 Å². The van der Waals surface area contributed by atoms with Crippen molar-refractivity contribution < 1.29 is 42.3 Å². The zero-order chi connectivity index (χ0) is 43.3. The normalized spacial score (nSPS) is 18.2. The van der Waals surface area contributed by atoms with Gasteiger partial charge in [0.1, 0.15) is 11.8 Å². The summed E-state index contributed by atoms with van der Waals surface area (Å²) in [6, 6.07) is 16.9. The molecule has 7 rings (SSSR count). The van der Waals surface area contributed by atoms with E-state index in [-0.39, 0.29) is 61.1 Å². The summed E-state index contributed by atoms with van der Waals surface area (Å²) in [4.78, 5) is 76.5. The summed E-state index contributed by atoms with van der Waals surface area (Å²) in [5, 5.41) is 8.51. The summed E-state index contributed by atoms with van der Waals surface area (Å²) in [6.07, 6.45) is 7.87. The van der Waals surface area contributed by atoms with Crippen molar-refractivity contribution in [2.45, 2.75) is 107 Å². The molecule has 2 aliphatic heterocycles. The van der Waals surface area contributed by atoms with E-state index in [0.29, 0.717) is 37.9 Å². The molecule has 1 aromatic heterocycles. The maximum absolute atomic E-state index is 14.1. The van der Waals surface area contributed by atoms with Gasteiger partial charge < -0.3 is 25.7 Å². The molecule has 3 heterocycles. The highest BCUT2D eigenvalue weighted by atomic mass is 32.1. The first kappa shape index (κ1) is 43.5. The first-order chi connectivity index (χ1) is 29.3. The number of carbonyl (C=O) groups is 6. The van der Waals surface area contributed by atoms with Crippen molar-refractivity contribution in [2.24, 2.45) is 5.73 Å². The number of unbranched alkanes of at least 4 members (excludes halogenated alkanes) is 5. The van der Waals surface area contributed by atoms with Crippen molar-refractivity contribution >= 4 is 64.7 Å². The Bertz CT molecular complexity index is 2340. The average Bonchev–Trinajstić information content (AvgIpc) is 3.73. The molecule has 0 spiro atoms. The van der Waals surface area contributed by atoms with E-state index in [9.17, 15) is 37.5 Å². The number of hydrogen-bond donors (Lipinski definition) is 5. The van der Waals surface area contributed by atoms with Crippen LogP contribution < -0.4 is 26.4 Å². The maximum Gasteiger partial charge on any atom is 0.266 e. The van der Waals surface area contributed by atoms with E-state index >= 15 is 0 Å². The fourth-order valence-electron chi connectivity index (χ4n) is 8.42. The summed E-state index contributed by atoms with van der Waals surface area (Å²) < 4.78 is 35.9. The third-order valence-corrected chi connectivity index (χ3v) is 12.0. The molecule has 2 unspecified atom stereocenters. The van der Waals surface area contributed by atoms with Crippen LogP contribution in [0, 0.1) is 0 Å². The maximum atomic E-state index is 14.1. The lowest BCUT2D eigenvalue weighted by Crippen LogP contribution is -2.54. The van der Waals surface area contributed by atoms with E-state index in [2.05, 4.69) is 33.1 Å². The van der Waals surface area contributed by atoms with Crippen molar-refractivity contribution in [1.82, 2.24) is 20.1 Å². The topological polar surface area (TPSA) is 182 Å². The van der Waals surface area contributed by atoms with E-state index in [1.807, 2.05) is 48.7 Å². The van der Waals surface area contributed by atoms with Crippen molar-refractivity contribution in [1.29, 1.82) is 0 Å². The number of fused-ring (bicyclic) bond motifs is 2. The number of alkyl halides is 2. The largest absolute Gasteiger partial charge is 0.483 e. The molecule has 3 aliphatic rings. The highest BCUT2D eigenvalue weighted by molar-refractivity contribution is 7.80. The van der Waals surface area contributed by atoms with Crippen LogP contribution in [0.15, 0.2) is 66.9 Å². The number of imide groups is 2. The number of ether oxygens (including phenoxy) is 1. The molecule has 2 fully saturated rings. The van der Waals surface area contributed by atoms with Gasteiger partial charge in [-0.25, -0.2) is 8.78 Å². The van der Waals surface area contributed by atoms with Gasteiger partial charge in [0.25, 0.3) is 17.7 Å². The Morgan fingerprint density at radius 3 is 2.38 bits per heavy atom. The fourth-order valence-corrected chi connectivity index (χ4v) is 8.58. The minimum absolute atomic E-state index is 0.00739. The lowest BCUT2D eigenvalue weighted by atomic mass is 9.92. The predicted molar refractivity (Wildman–Crippen MR) is 228 cm³/mol. The average molecular weight is 857 g/mol. The molecule has 61 heavy (non-hydrogen) atoms. The lowest BCUT2D eigenvalue weighted by molar-refractivity contribution is -0.136. The van der Waals surface area contributed by atoms with Crippen molar-refractivity contribution in [2.75, 3.05) is 18.5 Å². The van der Waals surface area contributed by atoms with Gasteiger partial charge in [-0.2, -0.15) is 12.6 Å². The number of anilines is 1. The van der Waals surface area contributed by atoms with Crippen LogP contribution in [0.2, 0.25) is 0 Å². The van der Waals surface area contributed by atoms with Crippen molar-refractivity contribution in [3.8, 4) is 16.9 Å². The smallest absolute Gasteiger partial charge is 0.266 e. The third-order valence-electron chi connectivity index (χ3n) is 11.7. The summed E-state index contributed by atoms with van der Waals surface area (Å²) in [6.45, 7) is 0.0552. The number of nitrogens with one attached hydrogen (secondary N) is 3. The number of carbonyl (C=O) groups excluding carboxylic acids is 6. The number of halogens is 2. The Morgan fingerprint density at radius 2 is 1.62 bits per heavy atom. The Kier molecular flexibility index (Phi) is 13.5. The molecule has 16 heteroatoms. The highest BCUT2D eigenvalue weighted by Gasteiger charge is 2.46. The molecular weight excluding hydrogens is 807 g/mol. The van der Waals surface area contributed by atoms with E-state index in [1.165, 1.54) is 18.2 Å². The lowest BCUT2D eigenvalue weighted by Gasteiger charge is -2.29. The van der Waals surface area contributed by atoms with Gasteiger partial charge in [-0.3, -0.25) is 39.0 Å². The van der Waals surface area contributed by atoms with Crippen LogP contribution in [0.25, 0.3) is 22.0 Å². The quantitative estimate of drug-likeness (QED) is 0.0320. The summed E-state index contributed by atoms with van der Waals surface area (Å²) in [5.74, 6) is -5.62. The molecule has 5 N–H and O–H groups in total. The highest BCUT2D eigenvalue weighted by Crippen LogP contribution is 2.43. The zero-order valence-electron chi connectivity index (χ0n) is 33.7. The van der Waals surface area contributed by atoms with Gasteiger partial charge >= 0.3 is 0 Å². The second-order valence-corrected chi connectivity index (χ2v) is 16.6. The number of benzene rings is 3. The first-order valence-corrected chi connectivity index (χ1v) is 21.4. The van der Waals surface area contributed by atoms with E-state index in [4.69, 9.17) is 10.5 Å². The Labute approximate surface area is 357 Å². The zero-order valence-corrected chi connectivity index (χ0v) is 34.6. The molecule has 1 aliphatic carbocycles. The van der Waals surface area contributed by atoms with Gasteiger partial charge in [-0.15, -0.1) is 0 Å². The number of hydrogen-bond acceptors (Lipinski definition) is 9. The second-order valence-electron chi connectivity index (χ2n) is 16.0. The molecular formula is C45H50F2N6O7S. The van der Waals surface area contributed by atoms with Gasteiger partial charge in [0, 0.05) is 61.1 Å². The van der Waals surface area contributed by atoms with Crippen LogP contribution in [0.1, 0.15) is 121 Å². The molecule has 0 bridgehead atoms. The summed E-state index contributed by atoms with van der Waals surface area (Å²) in [7, 11) is 0. The Balaban J connectivity index is 0.823. The number of amides is 6. The molecule has 1 saturated heterocycles. The van der Waals surface area contributed by atoms with E-state index in [0.717, 1.165) is 64.6 Å². The number of rotatable bonds is 17. The predicted octanol–water partition coefficient (Wildman–Crippen LogP) is 7.21. The SMILES string of the molecule is NC(S)c1cccc(-c2cn(C3CCC(F)(F)CC3)c3cc(NC(=O)CCCCCCCCNC(=O)COc4cccc5c4C(=O)N(C4CCC(=O)NC4=O)C5=O)ccc23)c1. The minimum Gasteiger partial charge on any atom is -0.483 e. The van der Waals surface area contributed by atoms with Crippen LogP contribution in [-0.4, -0.2) is 70.0 Å². The number of piperidine rings is 1. The summed E-state index contributed by atoms with van der Waals surface area (Å²) in [5.41, 5.74) is 10.4. The molecule has 4 aromatic rings. The van der Waals surface area contributed by atoms with Gasteiger partial charge in [0.15, 0.2) is 6.61 Å². The standard InChI is InChI=1S/C45H50F2N6O7S/c46-45(47)20-18-30(19-21-45)52-25-33(27-9-7-10-28(23-27)41(48)61)31-15-14-29(24-35(31)52)50-37(54)13-5-3-1-2-4-6-22-49-39(56)26-60-36-12-8-11-32-40(36)44(59)53(43(32)58)34-16-17-38(55)51-42(34)57/h7-12,14-15,23-25,30,34,41,61H,1-6,13,16-22,26,48H2,(H,49,56)(H,50,54)(H,51,55,57). The number of thiol groups is 1. The molecule has 2 atom stereocenters. The number of aromatic nitrogens is 1. The van der Waals surface area contributed by atoms with Crippen LogP contribution >= 0.6 is 12.6 Å². The van der Waals surface area contributed by atoms with Crippen LogP contribution in [0.5, 0.6) is 5.75 Å². The molecule has 0 radical (unpaired) electrons. The minimum atomic E-state index is -2.65. The summed E-state index contributed by atoms with van der Waals surface area (Å²) >= 11 is 4.39. The van der Waals surface area contributed by atoms with Crippen molar-refractivity contribution in [3.63, 3.8) is 0 Å². The fraction of sp³-hybridized carbons (Fsp3) is 0.422. The van der Waals surface area contributed by atoms with Gasteiger partial charge in [0.2, 0.25) is 23.6 Å². The molecule has 1 saturated carbocycles. The molecule has 13 nitrogen and oxygen atoms in total. The number of nitrogens with two attached hydrogens (primary N) is 1. The van der Waals surface area contributed by atoms with Gasteiger partial charge in [0.05, 0.1) is 22.0 Å². The van der Waals surface area contributed by atoms with Gasteiger partial charge in [-0.05, 0) is 73.6 Å². The first-order valence-electron chi connectivity index (χ1n) is 20.9.